The first kappa shape index (κ1) is 24.1. The third-order valence-corrected chi connectivity index (χ3v) is 8.28. The summed E-state index contributed by atoms with van der Waals surface area (Å²) in [4.78, 5) is 30.8. The number of amides is 1. The van der Waals surface area contributed by atoms with Gasteiger partial charge in [0, 0.05) is 30.7 Å². The fraction of sp³-hybridized carbons (Fsp3) is 0.667. The summed E-state index contributed by atoms with van der Waals surface area (Å²) in [7, 11) is 1.42. The quantitative estimate of drug-likeness (QED) is 0.640. The highest BCUT2D eigenvalue weighted by Crippen LogP contribution is 2.40. The maximum absolute atomic E-state index is 12.3. The van der Waals surface area contributed by atoms with Crippen LogP contribution in [0.5, 0.6) is 0 Å². The summed E-state index contributed by atoms with van der Waals surface area (Å²) in [6.45, 7) is 4.24. The molecule has 0 unspecified atom stereocenters. The summed E-state index contributed by atoms with van der Waals surface area (Å²) in [5.41, 5.74) is 4.43. The first-order valence-corrected chi connectivity index (χ1v) is 13.2. The number of nitrogens with zero attached hydrogens (tertiary/aromatic N) is 3. The number of aliphatic carboxylic acids is 1. The Labute approximate surface area is 206 Å². The third kappa shape index (κ3) is 4.77. The van der Waals surface area contributed by atoms with Gasteiger partial charge < -0.3 is 24.0 Å². The molecule has 1 N–H and O–H groups in total. The zero-order valence-electron chi connectivity index (χ0n) is 20.9. The Morgan fingerprint density at radius 1 is 1.20 bits per heavy atom. The number of rotatable bonds is 5. The normalized spacial score (nSPS) is 25.8. The molecule has 1 amide bonds. The van der Waals surface area contributed by atoms with Gasteiger partial charge in [0.15, 0.2) is 0 Å². The molecule has 1 saturated heterocycles. The lowest BCUT2D eigenvalue weighted by atomic mass is 9.81. The molecule has 0 bridgehead atoms. The van der Waals surface area contributed by atoms with E-state index in [4.69, 9.17) is 14.5 Å². The average molecular weight is 484 g/mol. The lowest BCUT2D eigenvalue weighted by molar-refractivity contribution is -0.142. The molecule has 1 saturated carbocycles. The summed E-state index contributed by atoms with van der Waals surface area (Å²) >= 11 is 0. The molecule has 2 atom stereocenters. The Bertz CT molecular complexity index is 1080. The minimum atomic E-state index is -0.684. The highest BCUT2D eigenvalue weighted by Gasteiger charge is 2.33. The SMILES string of the molecule is COC(=O)N1CCc2ccc3c(nc(C4CCC(C(=O)O)CC4)n3[C@H](C)C[C@@H]3CCCCO3)c2C1. The van der Waals surface area contributed by atoms with Gasteiger partial charge in [-0.3, -0.25) is 4.79 Å². The molecule has 5 rings (SSSR count). The second kappa shape index (κ2) is 10.2. The van der Waals surface area contributed by atoms with Crippen LogP contribution in [0.4, 0.5) is 4.79 Å². The van der Waals surface area contributed by atoms with E-state index in [1.54, 1.807) is 4.90 Å². The van der Waals surface area contributed by atoms with Crippen molar-refractivity contribution in [1.29, 1.82) is 0 Å². The Balaban J connectivity index is 1.52. The molecule has 2 aliphatic heterocycles. The van der Waals surface area contributed by atoms with Gasteiger partial charge in [0.2, 0.25) is 0 Å². The molecule has 0 spiro atoms. The Hall–Kier alpha value is -2.61. The number of methoxy groups -OCH3 is 1. The van der Waals surface area contributed by atoms with Crippen LogP contribution in [-0.2, 0) is 27.2 Å². The maximum atomic E-state index is 12.3. The van der Waals surface area contributed by atoms with E-state index < -0.39 is 5.97 Å². The first-order chi connectivity index (χ1) is 17.0. The van der Waals surface area contributed by atoms with Crippen molar-refractivity contribution in [3.05, 3.63) is 29.1 Å². The molecule has 3 heterocycles. The predicted octanol–water partition coefficient (Wildman–Crippen LogP) is 5.04. The van der Waals surface area contributed by atoms with E-state index in [0.717, 1.165) is 67.6 Å². The monoisotopic (exact) mass is 483 g/mol. The molecular formula is C27H37N3O5. The highest BCUT2D eigenvalue weighted by atomic mass is 16.5. The smallest absolute Gasteiger partial charge is 0.409 e. The van der Waals surface area contributed by atoms with Crippen molar-refractivity contribution in [3.8, 4) is 0 Å². The zero-order chi connectivity index (χ0) is 24.5. The summed E-state index contributed by atoms with van der Waals surface area (Å²) < 4.78 is 13.5. The van der Waals surface area contributed by atoms with E-state index in [9.17, 15) is 14.7 Å². The Kier molecular flexibility index (Phi) is 7.00. The van der Waals surface area contributed by atoms with Crippen molar-refractivity contribution in [2.45, 2.75) is 89.3 Å². The fourth-order valence-electron chi connectivity index (χ4n) is 6.33. The maximum Gasteiger partial charge on any atom is 0.409 e. The van der Waals surface area contributed by atoms with Crippen LogP contribution in [-0.4, -0.2) is 58.0 Å². The van der Waals surface area contributed by atoms with Crippen molar-refractivity contribution >= 4 is 23.1 Å². The second-order valence-corrected chi connectivity index (χ2v) is 10.5. The van der Waals surface area contributed by atoms with Crippen molar-refractivity contribution in [2.24, 2.45) is 5.92 Å². The van der Waals surface area contributed by atoms with Crippen LogP contribution < -0.4 is 0 Å². The molecule has 2 fully saturated rings. The molecule has 1 aliphatic carbocycles. The summed E-state index contributed by atoms with van der Waals surface area (Å²) in [5.74, 6) is 0.370. The molecule has 8 nitrogen and oxygen atoms in total. The average Bonchev–Trinajstić information content (AvgIpc) is 3.29. The van der Waals surface area contributed by atoms with E-state index in [1.165, 1.54) is 19.1 Å². The minimum Gasteiger partial charge on any atom is -0.481 e. The number of carboxylic acid groups (broad SMARTS) is 1. The number of imidazole rings is 1. The Morgan fingerprint density at radius 2 is 2.00 bits per heavy atom. The van der Waals surface area contributed by atoms with Crippen molar-refractivity contribution < 1.29 is 24.2 Å². The van der Waals surface area contributed by atoms with Crippen LogP contribution in [0.15, 0.2) is 12.1 Å². The number of ether oxygens (including phenoxy) is 2. The van der Waals surface area contributed by atoms with E-state index >= 15 is 0 Å². The molecule has 1 aromatic heterocycles. The Morgan fingerprint density at radius 3 is 2.69 bits per heavy atom. The lowest BCUT2D eigenvalue weighted by Gasteiger charge is -2.30. The topological polar surface area (TPSA) is 93.9 Å². The summed E-state index contributed by atoms with van der Waals surface area (Å²) in [6, 6.07) is 4.60. The molecule has 2 aromatic rings. The zero-order valence-corrected chi connectivity index (χ0v) is 20.9. The van der Waals surface area contributed by atoms with Crippen LogP contribution in [0, 0.1) is 5.92 Å². The number of carbonyl (C=O) groups excluding carboxylic acids is 1. The second-order valence-electron chi connectivity index (χ2n) is 10.5. The highest BCUT2D eigenvalue weighted by molar-refractivity contribution is 5.82. The van der Waals surface area contributed by atoms with Crippen LogP contribution in [0.25, 0.3) is 11.0 Å². The molecular weight excluding hydrogens is 446 g/mol. The van der Waals surface area contributed by atoms with Crippen molar-refractivity contribution in [2.75, 3.05) is 20.3 Å². The van der Waals surface area contributed by atoms with E-state index in [2.05, 4.69) is 23.6 Å². The number of hydrogen-bond acceptors (Lipinski definition) is 5. The molecule has 35 heavy (non-hydrogen) atoms. The molecule has 8 heteroatoms. The van der Waals surface area contributed by atoms with Gasteiger partial charge in [0.25, 0.3) is 0 Å². The fourth-order valence-corrected chi connectivity index (χ4v) is 6.33. The number of aromatic nitrogens is 2. The van der Waals surface area contributed by atoms with Crippen LogP contribution >= 0.6 is 0 Å². The minimum absolute atomic E-state index is 0.216. The van der Waals surface area contributed by atoms with Crippen LogP contribution in [0.1, 0.15) is 87.2 Å². The standard InChI is InChI=1S/C27H37N3O5/c1-17(15-21-5-3-4-14-35-21)30-23-11-10-18-12-13-29(27(33)34-2)16-22(18)24(23)28-25(30)19-6-8-20(9-7-19)26(31)32/h10-11,17,19-21H,3-9,12-16H2,1-2H3,(H,31,32)/t17-,19?,20?,21+/m1/s1. The van der Waals surface area contributed by atoms with Gasteiger partial charge in [-0.25, -0.2) is 9.78 Å². The van der Waals surface area contributed by atoms with E-state index in [0.29, 0.717) is 25.9 Å². The molecule has 190 valence electrons. The molecule has 1 aromatic carbocycles. The van der Waals surface area contributed by atoms with Gasteiger partial charge in [0.1, 0.15) is 5.82 Å². The van der Waals surface area contributed by atoms with Crippen LogP contribution in [0.3, 0.4) is 0 Å². The van der Waals surface area contributed by atoms with Gasteiger partial charge in [-0.15, -0.1) is 0 Å². The van der Waals surface area contributed by atoms with Gasteiger partial charge in [-0.1, -0.05) is 6.07 Å². The lowest BCUT2D eigenvalue weighted by Crippen LogP contribution is -2.35. The van der Waals surface area contributed by atoms with E-state index in [1.807, 2.05) is 0 Å². The molecule has 3 aliphatic rings. The van der Waals surface area contributed by atoms with Crippen molar-refractivity contribution in [3.63, 3.8) is 0 Å². The van der Waals surface area contributed by atoms with Crippen molar-refractivity contribution in [1.82, 2.24) is 14.5 Å². The number of fused-ring (bicyclic) bond motifs is 3. The van der Waals surface area contributed by atoms with Gasteiger partial charge in [-0.05, 0) is 76.3 Å². The van der Waals surface area contributed by atoms with Gasteiger partial charge >= 0.3 is 12.1 Å². The predicted molar refractivity (Wildman–Crippen MR) is 132 cm³/mol. The molecule has 0 radical (unpaired) electrons. The summed E-state index contributed by atoms with van der Waals surface area (Å²) in [5, 5.41) is 9.48. The first-order valence-electron chi connectivity index (χ1n) is 13.2. The van der Waals surface area contributed by atoms with E-state index in [-0.39, 0.29) is 30.1 Å². The van der Waals surface area contributed by atoms with Gasteiger partial charge in [-0.2, -0.15) is 0 Å². The third-order valence-electron chi connectivity index (χ3n) is 8.28. The summed E-state index contributed by atoms with van der Waals surface area (Å²) in [6.07, 6.45) is 8.19. The van der Waals surface area contributed by atoms with Gasteiger partial charge in [0.05, 0.1) is 36.7 Å². The number of benzene rings is 1. The number of carbonyl (C=O) groups is 2. The van der Waals surface area contributed by atoms with Crippen LogP contribution in [0.2, 0.25) is 0 Å². The largest absolute Gasteiger partial charge is 0.481 e. The number of hydrogen-bond donors (Lipinski definition) is 1. The number of carboxylic acids is 1.